The Morgan fingerprint density at radius 2 is 1.90 bits per heavy atom. The van der Waals surface area contributed by atoms with Crippen molar-refractivity contribution in [2.24, 2.45) is 0 Å². The van der Waals surface area contributed by atoms with Gasteiger partial charge < -0.3 is 19.5 Å². The minimum absolute atomic E-state index is 0.141. The summed E-state index contributed by atoms with van der Waals surface area (Å²) in [6, 6.07) is 10.8. The van der Waals surface area contributed by atoms with Gasteiger partial charge in [0.1, 0.15) is 6.54 Å². The van der Waals surface area contributed by atoms with Crippen LogP contribution in [0.4, 0.5) is 5.69 Å². The summed E-state index contributed by atoms with van der Waals surface area (Å²) in [6.45, 7) is 1.50. The van der Waals surface area contributed by atoms with E-state index in [0.717, 1.165) is 14.6 Å². The quantitative estimate of drug-likeness (QED) is 0.531. The number of aryl methyl sites for hydroxylation is 1. The van der Waals surface area contributed by atoms with Crippen LogP contribution in [0.3, 0.4) is 0 Å². The van der Waals surface area contributed by atoms with Crippen molar-refractivity contribution in [3.05, 3.63) is 62.8 Å². The van der Waals surface area contributed by atoms with Crippen LogP contribution in [0.5, 0.6) is 17.2 Å². The van der Waals surface area contributed by atoms with Crippen molar-refractivity contribution in [3.8, 4) is 17.2 Å². The van der Waals surface area contributed by atoms with Crippen LogP contribution in [-0.4, -0.2) is 29.9 Å². The Hall–Kier alpha value is -3.27. The maximum Gasteiger partial charge on any atom is 0.442 e. The zero-order valence-corrected chi connectivity index (χ0v) is 18.2. The monoisotopic (exact) mass is 477 g/mol. The highest BCUT2D eigenvalue weighted by Crippen LogP contribution is 2.40. The molecule has 0 aliphatic heterocycles. The molecule has 1 N–H and O–H groups in total. The predicted molar refractivity (Wildman–Crippen MR) is 112 cm³/mol. The Morgan fingerprint density at radius 1 is 1.20 bits per heavy atom. The third-order valence-corrected chi connectivity index (χ3v) is 4.59. The number of carbonyl (C=O) groups is 1. The second-order valence-corrected chi connectivity index (χ2v) is 7.21. The Kier molecular flexibility index (Phi) is 6.78. The van der Waals surface area contributed by atoms with E-state index in [-0.39, 0.29) is 19.0 Å². The van der Waals surface area contributed by atoms with E-state index in [0.29, 0.717) is 22.9 Å². The summed E-state index contributed by atoms with van der Waals surface area (Å²) in [7, 11) is 2.99. The number of aromatic nitrogens is 2. The second kappa shape index (κ2) is 9.49. The van der Waals surface area contributed by atoms with E-state index in [1.54, 1.807) is 18.2 Å². The van der Waals surface area contributed by atoms with Gasteiger partial charge in [-0.3, -0.25) is 9.32 Å². The number of ether oxygens (including phenoxy) is 3. The lowest BCUT2D eigenvalue weighted by Gasteiger charge is -2.14. The van der Waals surface area contributed by atoms with Gasteiger partial charge in [-0.25, -0.2) is 9.36 Å². The molecule has 9 nitrogen and oxygen atoms in total. The van der Waals surface area contributed by atoms with E-state index in [1.165, 1.54) is 14.2 Å². The number of hydrogen-bond donors (Lipinski definition) is 1. The largest absolute Gasteiger partial charge is 0.493 e. The van der Waals surface area contributed by atoms with Crippen molar-refractivity contribution in [2.45, 2.75) is 20.1 Å². The second-order valence-electron chi connectivity index (χ2n) is 6.30. The van der Waals surface area contributed by atoms with Crippen molar-refractivity contribution in [2.75, 3.05) is 19.5 Å². The zero-order chi connectivity index (χ0) is 21.7. The Bertz CT molecular complexity index is 1080. The standard InChI is InChI=1S/C20H20BrN3O6/c1-12-5-4-6-14(7-12)22-18(25)10-24-17(23-30-20(24)26)11-29-19-15(27-2)8-13(21)9-16(19)28-3/h4-9H,10-11H2,1-3H3,(H,22,25). The summed E-state index contributed by atoms with van der Waals surface area (Å²) >= 11 is 3.37. The molecule has 1 aromatic heterocycles. The van der Waals surface area contributed by atoms with Crippen LogP contribution in [0.25, 0.3) is 0 Å². The highest BCUT2D eigenvalue weighted by atomic mass is 79.9. The first kappa shape index (κ1) is 21.4. The molecular weight excluding hydrogens is 458 g/mol. The van der Waals surface area contributed by atoms with Gasteiger partial charge in [-0.15, -0.1) is 0 Å². The van der Waals surface area contributed by atoms with Crippen LogP contribution in [0.15, 0.2) is 50.2 Å². The number of benzene rings is 2. The van der Waals surface area contributed by atoms with E-state index >= 15 is 0 Å². The van der Waals surface area contributed by atoms with Crippen LogP contribution in [0.2, 0.25) is 0 Å². The summed E-state index contributed by atoms with van der Waals surface area (Å²) in [5.74, 6) is 0.168. The predicted octanol–water partition coefficient (Wildman–Crippen LogP) is 3.14. The maximum atomic E-state index is 12.4. The number of amides is 1. The first-order valence-electron chi connectivity index (χ1n) is 8.87. The fourth-order valence-corrected chi connectivity index (χ4v) is 3.17. The van der Waals surface area contributed by atoms with Crippen LogP contribution >= 0.6 is 15.9 Å². The molecule has 3 rings (SSSR count). The van der Waals surface area contributed by atoms with Crippen LogP contribution in [-0.2, 0) is 17.9 Å². The molecule has 2 aromatic carbocycles. The molecule has 1 amide bonds. The summed E-state index contributed by atoms with van der Waals surface area (Å²) < 4.78 is 23.0. The highest BCUT2D eigenvalue weighted by molar-refractivity contribution is 9.10. The first-order valence-corrected chi connectivity index (χ1v) is 9.66. The van der Waals surface area contributed by atoms with Gasteiger partial charge >= 0.3 is 5.76 Å². The molecule has 0 fully saturated rings. The maximum absolute atomic E-state index is 12.4. The minimum Gasteiger partial charge on any atom is -0.493 e. The van der Waals surface area contributed by atoms with Gasteiger partial charge in [-0.1, -0.05) is 33.2 Å². The molecule has 0 radical (unpaired) electrons. The average molecular weight is 478 g/mol. The number of rotatable bonds is 8. The van der Waals surface area contributed by atoms with Gasteiger partial charge in [0.15, 0.2) is 23.9 Å². The van der Waals surface area contributed by atoms with Crippen LogP contribution in [0.1, 0.15) is 11.4 Å². The Balaban J connectivity index is 1.75. The Morgan fingerprint density at radius 3 is 2.53 bits per heavy atom. The van der Waals surface area contributed by atoms with Crippen molar-refractivity contribution in [1.29, 1.82) is 0 Å². The number of nitrogens with zero attached hydrogens (tertiary/aromatic N) is 2. The molecule has 0 saturated heterocycles. The van der Waals surface area contributed by atoms with Crippen molar-refractivity contribution in [3.63, 3.8) is 0 Å². The molecule has 0 atom stereocenters. The van der Waals surface area contributed by atoms with Crippen molar-refractivity contribution < 1.29 is 23.5 Å². The molecular formula is C20H20BrN3O6. The van der Waals surface area contributed by atoms with Gasteiger partial charge in [-0.05, 0) is 36.8 Å². The molecule has 10 heteroatoms. The zero-order valence-electron chi connectivity index (χ0n) is 16.6. The van der Waals surface area contributed by atoms with Crippen LogP contribution < -0.4 is 25.3 Å². The Labute approximate surface area is 180 Å². The molecule has 3 aromatic rings. The molecule has 0 saturated carbocycles. The third kappa shape index (κ3) is 5.01. The van der Waals surface area contributed by atoms with Gasteiger partial charge in [0.25, 0.3) is 0 Å². The van der Waals surface area contributed by atoms with Crippen molar-refractivity contribution in [1.82, 2.24) is 9.72 Å². The fraction of sp³-hybridized carbons (Fsp3) is 0.250. The number of methoxy groups -OCH3 is 2. The number of nitrogens with one attached hydrogen (secondary N) is 1. The van der Waals surface area contributed by atoms with E-state index in [4.69, 9.17) is 18.7 Å². The van der Waals surface area contributed by atoms with E-state index in [9.17, 15) is 9.59 Å². The van der Waals surface area contributed by atoms with Crippen LogP contribution in [0, 0.1) is 6.92 Å². The SMILES string of the molecule is COc1cc(Br)cc(OC)c1OCc1noc(=O)n1CC(=O)Nc1cccc(C)c1. The molecule has 1 heterocycles. The molecule has 30 heavy (non-hydrogen) atoms. The van der Waals surface area contributed by atoms with Gasteiger partial charge in [0.2, 0.25) is 11.7 Å². The molecule has 158 valence electrons. The molecule has 0 unspecified atom stereocenters. The summed E-state index contributed by atoms with van der Waals surface area (Å²) in [4.78, 5) is 24.4. The van der Waals surface area contributed by atoms with Gasteiger partial charge in [0.05, 0.1) is 14.2 Å². The minimum atomic E-state index is -0.761. The number of halogens is 1. The molecule has 0 aliphatic carbocycles. The number of anilines is 1. The topological polar surface area (TPSA) is 105 Å². The smallest absolute Gasteiger partial charge is 0.442 e. The van der Waals surface area contributed by atoms with E-state index < -0.39 is 11.7 Å². The fourth-order valence-electron chi connectivity index (χ4n) is 2.75. The normalized spacial score (nSPS) is 10.5. The lowest BCUT2D eigenvalue weighted by Crippen LogP contribution is -2.27. The highest BCUT2D eigenvalue weighted by Gasteiger charge is 2.18. The molecule has 0 aliphatic rings. The lowest BCUT2D eigenvalue weighted by molar-refractivity contribution is -0.116. The van der Waals surface area contributed by atoms with Gasteiger partial charge in [-0.2, -0.15) is 0 Å². The van der Waals surface area contributed by atoms with E-state index in [1.807, 2.05) is 25.1 Å². The van der Waals surface area contributed by atoms with Gasteiger partial charge in [0, 0.05) is 10.2 Å². The van der Waals surface area contributed by atoms with E-state index in [2.05, 4.69) is 26.4 Å². The summed E-state index contributed by atoms with van der Waals surface area (Å²) in [5, 5.41) is 6.45. The van der Waals surface area contributed by atoms with Crippen molar-refractivity contribution >= 4 is 27.5 Å². The lowest BCUT2D eigenvalue weighted by atomic mass is 10.2. The number of carbonyl (C=O) groups excluding carboxylic acids is 1. The summed E-state index contributed by atoms with van der Waals surface area (Å²) in [5.41, 5.74) is 1.63. The average Bonchev–Trinajstić information content (AvgIpc) is 3.05. The first-order chi connectivity index (χ1) is 14.4. The molecule has 0 spiro atoms. The number of hydrogen-bond acceptors (Lipinski definition) is 7. The third-order valence-electron chi connectivity index (χ3n) is 4.14. The summed E-state index contributed by atoms with van der Waals surface area (Å²) in [6.07, 6.45) is 0. The molecule has 0 bridgehead atoms.